The summed E-state index contributed by atoms with van der Waals surface area (Å²) in [5, 5.41) is 8.61. The molecule has 0 spiro atoms. The first kappa shape index (κ1) is 21.6. The van der Waals surface area contributed by atoms with E-state index < -0.39 is 0 Å². The molecule has 8 heteroatoms. The molecule has 2 aromatic heterocycles. The van der Waals surface area contributed by atoms with Crippen LogP contribution in [-0.2, 0) is 7.05 Å². The molecule has 1 aliphatic heterocycles. The van der Waals surface area contributed by atoms with Gasteiger partial charge in [-0.1, -0.05) is 6.92 Å². The number of piperazine rings is 1. The summed E-state index contributed by atoms with van der Waals surface area (Å²) >= 11 is 0. The van der Waals surface area contributed by atoms with Crippen molar-refractivity contribution < 1.29 is 9.13 Å². The number of rotatable bonds is 5. The Labute approximate surface area is 202 Å². The third kappa shape index (κ3) is 4.00. The highest BCUT2D eigenvalue weighted by atomic mass is 19.1. The van der Waals surface area contributed by atoms with Crippen molar-refractivity contribution in [3.05, 3.63) is 66.5 Å². The Morgan fingerprint density at radius 1 is 0.943 bits per heavy atom. The molecule has 178 valence electrons. The van der Waals surface area contributed by atoms with Gasteiger partial charge in [0.15, 0.2) is 5.82 Å². The fourth-order valence-electron chi connectivity index (χ4n) is 4.77. The molecule has 5 aromatic rings. The highest BCUT2D eigenvalue weighted by Crippen LogP contribution is 2.33. The van der Waals surface area contributed by atoms with Gasteiger partial charge in [0.1, 0.15) is 23.0 Å². The van der Waals surface area contributed by atoms with Gasteiger partial charge in [-0.15, -0.1) is 0 Å². The molecule has 0 atom stereocenters. The van der Waals surface area contributed by atoms with Gasteiger partial charge in [-0.2, -0.15) is 5.10 Å². The number of nitrogens with one attached hydrogen (secondary N) is 1. The maximum atomic E-state index is 13.2. The zero-order valence-electron chi connectivity index (χ0n) is 19.8. The molecule has 1 saturated heterocycles. The van der Waals surface area contributed by atoms with Crippen LogP contribution in [0.3, 0.4) is 0 Å². The van der Waals surface area contributed by atoms with Crippen LogP contribution in [0.1, 0.15) is 6.92 Å². The fraction of sp³-hybridized carbons (Fsp3) is 0.259. The fourth-order valence-corrected chi connectivity index (χ4v) is 4.77. The highest BCUT2D eigenvalue weighted by Gasteiger charge is 2.19. The number of hydrogen-bond donors (Lipinski definition) is 1. The second-order valence-corrected chi connectivity index (χ2v) is 8.92. The number of ether oxygens (including phenoxy) is 1. The van der Waals surface area contributed by atoms with Gasteiger partial charge in [-0.25, -0.2) is 9.37 Å². The smallest absolute Gasteiger partial charge is 0.162 e. The quantitative estimate of drug-likeness (QED) is 0.383. The number of likely N-dealkylation sites (N-methyl/N-ethyl adjacent to an activating group) is 1. The van der Waals surface area contributed by atoms with Gasteiger partial charge in [0.25, 0.3) is 0 Å². The number of aryl methyl sites for hydroxylation is 1. The number of aromatic nitrogens is 4. The van der Waals surface area contributed by atoms with E-state index in [0.29, 0.717) is 11.5 Å². The van der Waals surface area contributed by atoms with E-state index in [-0.39, 0.29) is 5.82 Å². The summed E-state index contributed by atoms with van der Waals surface area (Å²) in [5.41, 5.74) is 4.90. The van der Waals surface area contributed by atoms with E-state index >= 15 is 0 Å². The molecule has 0 aliphatic carbocycles. The van der Waals surface area contributed by atoms with Gasteiger partial charge in [0, 0.05) is 44.3 Å². The average molecular weight is 471 g/mol. The molecule has 1 N–H and O–H groups in total. The minimum atomic E-state index is -0.293. The molecule has 3 heterocycles. The van der Waals surface area contributed by atoms with Gasteiger partial charge >= 0.3 is 0 Å². The van der Waals surface area contributed by atoms with E-state index in [9.17, 15) is 4.39 Å². The van der Waals surface area contributed by atoms with Gasteiger partial charge < -0.3 is 19.1 Å². The number of benzene rings is 3. The number of imidazole rings is 1. The summed E-state index contributed by atoms with van der Waals surface area (Å²) in [6.45, 7) is 7.57. The first-order valence-electron chi connectivity index (χ1n) is 11.9. The second kappa shape index (κ2) is 8.70. The summed E-state index contributed by atoms with van der Waals surface area (Å²) in [7, 11) is 2.03. The van der Waals surface area contributed by atoms with Gasteiger partial charge in [0.05, 0.1) is 16.6 Å². The van der Waals surface area contributed by atoms with Crippen molar-refractivity contribution in [2.45, 2.75) is 6.92 Å². The lowest BCUT2D eigenvalue weighted by Gasteiger charge is -2.35. The third-order valence-electron chi connectivity index (χ3n) is 6.84. The van der Waals surface area contributed by atoms with Crippen molar-refractivity contribution in [3.63, 3.8) is 0 Å². The molecule has 0 saturated carbocycles. The van der Waals surface area contributed by atoms with Gasteiger partial charge in [-0.3, -0.25) is 5.10 Å². The topological polar surface area (TPSA) is 62.2 Å². The van der Waals surface area contributed by atoms with Crippen LogP contribution < -0.4 is 9.64 Å². The summed E-state index contributed by atoms with van der Waals surface area (Å²) in [4.78, 5) is 9.84. The van der Waals surface area contributed by atoms with Crippen molar-refractivity contribution in [2.24, 2.45) is 7.05 Å². The standard InChI is InChI=1S/C27H27FN6O/c1-3-33-12-14-34(15-13-33)19-6-10-24-25(16-19)32(2)27(29-24)26-22-17-21(9-11-23(22)30-31-26)35-20-7-4-18(28)5-8-20/h4-11,16-17H,3,12-15H2,1-2H3,(H,30,31). The van der Waals surface area contributed by atoms with E-state index in [1.54, 1.807) is 12.1 Å². The number of aromatic amines is 1. The maximum absolute atomic E-state index is 13.2. The predicted molar refractivity (Wildman–Crippen MR) is 137 cm³/mol. The van der Waals surface area contributed by atoms with Crippen molar-refractivity contribution in [1.29, 1.82) is 0 Å². The lowest BCUT2D eigenvalue weighted by Crippen LogP contribution is -2.46. The molecule has 35 heavy (non-hydrogen) atoms. The summed E-state index contributed by atoms with van der Waals surface area (Å²) in [6.07, 6.45) is 0. The Kier molecular flexibility index (Phi) is 5.37. The average Bonchev–Trinajstić information content (AvgIpc) is 3.45. The van der Waals surface area contributed by atoms with E-state index in [0.717, 1.165) is 66.2 Å². The summed E-state index contributed by atoms with van der Waals surface area (Å²) < 4.78 is 21.3. The van der Waals surface area contributed by atoms with E-state index in [2.05, 4.69) is 49.7 Å². The number of hydrogen-bond acceptors (Lipinski definition) is 5. The lowest BCUT2D eigenvalue weighted by atomic mass is 10.2. The maximum Gasteiger partial charge on any atom is 0.162 e. The minimum Gasteiger partial charge on any atom is -0.457 e. The van der Waals surface area contributed by atoms with Crippen LogP contribution in [0, 0.1) is 5.82 Å². The lowest BCUT2D eigenvalue weighted by molar-refractivity contribution is 0.271. The molecular weight excluding hydrogens is 443 g/mol. The van der Waals surface area contributed by atoms with Gasteiger partial charge in [-0.05, 0) is 67.2 Å². The molecule has 7 nitrogen and oxygen atoms in total. The van der Waals surface area contributed by atoms with Crippen LogP contribution in [0.25, 0.3) is 33.5 Å². The highest BCUT2D eigenvalue weighted by molar-refractivity contribution is 5.94. The summed E-state index contributed by atoms with van der Waals surface area (Å²) in [6, 6.07) is 18.2. The Bertz CT molecular complexity index is 1500. The number of nitrogens with zero attached hydrogens (tertiary/aromatic N) is 5. The molecule has 0 amide bonds. The largest absolute Gasteiger partial charge is 0.457 e. The number of fused-ring (bicyclic) bond motifs is 2. The number of anilines is 1. The van der Waals surface area contributed by atoms with Crippen LogP contribution in [0.4, 0.5) is 10.1 Å². The monoisotopic (exact) mass is 470 g/mol. The molecule has 6 rings (SSSR count). The molecule has 3 aromatic carbocycles. The summed E-state index contributed by atoms with van der Waals surface area (Å²) in [5.74, 6) is 1.72. The van der Waals surface area contributed by atoms with E-state index in [4.69, 9.17) is 9.72 Å². The normalized spacial score (nSPS) is 14.8. The number of H-pyrrole nitrogens is 1. The predicted octanol–water partition coefficient (Wildman–Crippen LogP) is 5.19. The molecule has 0 unspecified atom stereocenters. The van der Waals surface area contributed by atoms with Gasteiger partial charge in [0.2, 0.25) is 0 Å². The number of halogens is 1. The third-order valence-corrected chi connectivity index (χ3v) is 6.84. The molecule has 0 radical (unpaired) electrons. The first-order valence-corrected chi connectivity index (χ1v) is 11.9. The van der Waals surface area contributed by atoms with Crippen molar-refractivity contribution in [2.75, 3.05) is 37.6 Å². The Balaban J connectivity index is 1.34. The Morgan fingerprint density at radius 3 is 2.49 bits per heavy atom. The van der Waals surface area contributed by atoms with Crippen LogP contribution in [0.15, 0.2) is 60.7 Å². The second-order valence-electron chi connectivity index (χ2n) is 8.92. The van der Waals surface area contributed by atoms with Crippen molar-refractivity contribution in [3.8, 4) is 23.0 Å². The van der Waals surface area contributed by atoms with Crippen LogP contribution in [0.5, 0.6) is 11.5 Å². The molecule has 0 bridgehead atoms. The Morgan fingerprint density at radius 2 is 1.71 bits per heavy atom. The first-order chi connectivity index (χ1) is 17.1. The van der Waals surface area contributed by atoms with Crippen LogP contribution >= 0.6 is 0 Å². The molecular formula is C27H27FN6O. The van der Waals surface area contributed by atoms with Crippen LogP contribution in [0.2, 0.25) is 0 Å². The molecule has 1 aliphatic rings. The SMILES string of the molecule is CCN1CCN(c2ccc3nc(-c4n[nH]c5ccc(Oc6ccc(F)cc6)cc45)n(C)c3c2)CC1. The van der Waals surface area contributed by atoms with E-state index in [1.165, 1.54) is 17.8 Å². The Hall–Kier alpha value is -3.91. The van der Waals surface area contributed by atoms with Crippen LogP contribution in [-0.4, -0.2) is 57.4 Å². The minimum absolute atomic E-state index is 0.293. The van der Waals surface area contributed by atoms with Crippen molar-refractivity contribution in [1.82, 2.24) is 24.6 Å². The zero-order chi connectivity index (χ0) is 23.9. The van der Waals surface area contributed by atoms with E-state index in [1.807, 2.05) is 25.2 Å². The zero-order valence-corrected chi connectivity index (χ0v) is 19.8. The molecule has 1 fully saturated rings. The van der Waals surface area contributed by atoms with Crippen molar-refractivity contribution >= 4 is 27.6 Å².